The number of imide groups is 1. The van der Waals surface area contributed by atoms with Crippen LogP contribution in [0.25, 0.3) is 0 Å². The fraction of sp³-hybridized carbons (Fsp3) is 0.500. The molecule has 9 heteroatoms. The molecule has 0 spiro atoms. The third kappa shape index (κ3) is 6.59. The van der Waals surface area contributed by atoms with Crippen molar-refractivity contribution in [1.29, 1.82) is 0 Å². The molecule has 7 nitrogen and oxygen atoms in total. The van der Waals surface area contributed by atoms with Gasteiger partial charge in [0.15, 0.2) is 12.2 Å². The third-order valence-corrected chi connectivity index (χ3v) is 4.65. The van der Waals surface area contributed by atoms with Crippen LogP contribution in [0.5, 0.6) is 5.75 Å². The van der Waals surface area contributed by atoms with E-state index in [1.807, 2.05) is 0 Å². The van der Waals surface area contributed by atoms with Crippen LogP contribution in [0.2, 0.25) is 10.0 Å². The van der Waals surface area contributed by atoms with E-state index >= 15 is 0 Å². The Bertz CT molecular complexity index is 707. The SMILES string of the molecule is C[C@@H](OC(=O)[C@@H](C)Oc1ccc(Cl)cc1Cl)C(=O)NC(=O)NC1CCCC1. The molecule has 27 heavy (non-hydrogen) atoms. The summed E-state index contributed by atoms with van der Waals surface area (Å²) in [5, 5.41) is 5.58. The van der Waals surface area contributed by atoms with E-state index in [1.54, 1.807) is 6.07 Å². The summed E-state index contributed by atoms with van der Waals surface area (Å²) in [6, 6.07) is 4.06. The topological polar surface area (TPSA) is 93.7 Å². The van der Waals surface area contributed by atoms with Crippen molar-refractivity contribution in [2.75, 3.05) is 0 Å². The number of esters is 1. The average molecular weight is 417 g/mol. The van der Waals surface area contributed by atoms with E-state index in [0.717, 1.165) is 25.7 Å². The van der Waals surface area contributed by atoms with E-state index in [1.165, 1.54) is 26.0 Å². The van der Waals surface area contributed by atoms with Crippen LogP contribution >= 0.6 is 23.2 Å². The zero-order valence-corrected chi connectivity index (χ0v) is 16.6. The molecule has 0 heterocycles. The molecule has 0 bridgehead atoms. The first-order chi connectivity index (χ1) is 12.8. The Morgan fingerprint density at radius 2 is 1.78 bits per heavy atom. The molecule has 1 fully saturated rings. The Hall–Kier alpha value is -1.99. The van der Waals surface area contributed by atoms with Crippen molar-refractivity contribution in [2.45, 2.75) is 57.8 Å². The zero-order valence-electron chi connectivity index (χ0n) is 15.1. The van der Waals surface area contributed by atoms with E-state index in [4.69, 9.17) is 32.7 Å². The summed E-state index contributed by atoms with van der Waals surface area (Å²) in [4.78, 5) is 35.9. The van der Waals surface area contributed by atoms with Crippen molar-refractivity contribution in [1.82, 2.24) is 10.6 Å². The quantitative estimate of drug-likeness (QED) is 0.692. The number of amides is 3. The Labute approximate surface area is 167 Å². The minimum atomic E-state index is -1.15. The van der Waals surface area contributed by atoms with E-state index in [-0.39, 0.29) is 16.8 Å². The first-order valence-electron chi connectivity index (χ1n) is 8.70. The number of carbonyl (C=O) groups excluding carboxylic acids is 3. The Morgan fingerprint density at radius 1 is 1.11 bits per heavy atom. The number of nitrogens with one attached hydrogen (secondary N) is 2. The first kappa shape index (κ1) is 21.3. The minimum absolute atomic E-state index is 0.0770. The number of ether oxygens (including phenoxy) is 2. The summed E-state index contributed by atoms with van der Waals surface area (Å²) in [5.41, 5.74) is 0. The average Bonchev–Trinajstić information content (AvgIpc) is 3.09. The lowest BCUT2D eigenvalue weighted by Crippen LogP contribution is -2.47. The lowest BCUT2D eigenvalue weighted by atomic mass is 10.2. The molecule has 1 saturated carbocycles. The van der Waals surface area contributed by atoms with Crippen LogP contribution in [0.1, 0.15) is 39.5 Å². The summed E-state index contributed by atoms with van der Waals surface area (Å²) in [6.45, 7) is 2.84. The summed E-state index contributed by atoms with van der Waals surface area (Å²) < 4.78 is 10.5. The maximum atomic E-state index is 12.1. The highest BCUT2D eigenvalue weighted by Crippen LogP contribution is 2.28. The van der Waals surface area contributed by atoms with Gasteiger partial charge in [-0.1, -0.05) is 36.0 Å². The number of urea groups is 1. The van der Waals surface area contributed by atoms with Crippen LogP contribution in [0, 0.1) is 0 Å². The van der Waals surface area contributed by atoms with Crippen LogP contribution in [0.3, 0.4) is 0 Å². The van der Waals surface area contributed by atoms with Gasteiger partial charge in [0.2, 0.25) is 0 Å². The highest BCUT2D eigenvalue weighted by atomic mass is 35.5. The van der Waals surface area contributed by atoms with Gasteiger partial charge >= 0.3 is 12.0 Å². The molecule has 0 saturated heterocycles. The van der Waals surface area contributed by atoms with Crippen molar-refractivity contribution in [3.05, 3.63) is 28.2 Å². The van der Waals surface area contributed by atoms with Crippen molar-refractivity contribution < 1.29 is 23.9 Å². The second-order valence-corrected chi connectivity index (χ2v) is 7.20. The van der Waals surface area contributed by atoms with Gasteiger partial charge in [0.25, 0.3) is 5.91 Å². The van der Waals surface area contributed by atoms with E-state index in [2.05, 4.69) is 10.6 Å². The van der Waals surface area contributed by atoms with Crippen molar-refractivity contribution in [3.63, 3.8) is 0 Å². The van der Waals surface area contributed by atoms with Gasteiger partial charge in [-0.3, -0.25) is 10.1 Å². The zero-order chi connectivity index (χ0) is 20.0. The fourth-order valence-corrected chi connectivity index (χ4v) is 3.09. The number of halogens is 2. The number of rotatable bonds is 6. The Morgan fingerprint density at radius 3 is 2.41 bits per heavy atom. The molecule has 0 radical (unpaired) electrons. The number of hydrogen-bond acceptors (Lipinski definition) is 5. The molecule has 148 valence electrons. The molecule has 2 N–H and O–H groups in total. The minimum Gasteiger partial charge on any atom is -0.477 e. The number of benzene rings is 1. The monoisotopic (exact) mass is 416 g/mol. The number of hydrogen-bond donors (Lipinski definition) is 2. The van der Waals surface area contributed by atoms with E-state index in [9.17, 15) is 14.4 Å². The summed E-state index contributed by atoms with van der Waals surface area (Å²) in [5.74, 6) is -1.21. The molecule has 2 atom stereocenters. The van der Waals surface area contributed by atoms with Crippen molar-refractivity contribution in [2.24, 2.45) is 0 Å². The highest BCUT2D eigenvalue weighted by molar-refractivity contribution is 6.35. The highest BCUT2D eigenvalue weighted by Gasteiger charge is 2.26. The molecular weight excluding hydrogens is 395 g/mol. The standard InChI is InChI=1S/C18H22Cl2N2O5/c1-10(16(23)22-18(25)21-13-5-3-4-6-13)27-17(24)11(2)26-15-8-7-12(19)9-14(15)20/h7-11,13H,3-6H2,1-2H3,(H2,21,22,23,25)/t10-,11-/m1/s1. The van der Waals surface area contributed by atoms with Gasteiger partial charge < -0.3 is 14.8 Å². The second-order valence-electron chi connectivity index (χ2n) is 6.36. The largest absolute Gasteiger partial charge is 0.477 e. The molecule has 1 aliphatic rings. The van der Waals surface area contributed by atoms with Gasteiger partial charge in [0, 0.05) is 11.1 Å². The van der Waals surface area contributed by atoms with E-state index in [0.29, 0.717) is 5.02 Å². The van der Waals surface area contributed by atoms with E-state index < -0.39 is 30.1 Å². The molecule has 1 aromatic rings. The maximum Gasteiger partial charge on any atom is 0.347 e. The molecule has 3 amide bonds. The van der Waals surface area contributed by atoms with Gasteiger partial charge in [-0.25, -0.2) is 9.59 Å². The lowest BCUT2D eigenvalue weighted by Gasteiger charge is -2.18. The smallest absolute Gasteiger partial charge is 0.347 e. The molecular formula is C18H22Cl2N2O5. The fourth-order valence-electron chi connectivity index (χ4n) is 2.64. The second kappa shape index (κ2) is 9.80. The molecule has 0 unspecified atom stereocenters. The molecule has 1 aromatic carbocycles. The van der Waals surface area contributed by atoms with Crippen LogP contribution in [0.4, 0.5) is 4.79 Å². The first-order valence-corrected chi connectivity index (χ1v) is 9.45. The Balaban J connectivity index is 1.80. The van der Waals surface area contributed by atoms with Gasteiger partial charge in [-0.2, -0.15) is 0 Å². The summed E-state index contributed by atoms with van der Waals surface area (Å²) in [7, 11) is 0. The third-order valence-electron chi connectivity index (χ3n) is 4.12. The molecule has 1 aliphatic carbocycles. The van der Waals surface area contributed by atoms with Crippen LogP contribution in [-0.2, 0) is 14.3 Å². The van der Waals surface area contributed by atoms with Gasteiger partial charge in [-0.05, 0) is 44.9 Å². The molecule has 0 aromatic heterocycles. The van der Waals surface area contributed by atoms with Gasteiger partial charge in [-0.15, -0.1) is 0 Å². The van der Waals surface area contributed by atoms with Crippen LogP contribution in [-0.4, -0.2) is 36.2 Å². The van der Waals surface area contributed by atoms with Gasteiger partial charge in [0.1, 0.15) is 5.75 Å². The van der Waals surface area contributed by atoms with Crippen molar-refractivity contribution >= 4 is 41.1 Å². The van der Waals surface area contributed by atoms with Gasteiger partial charge in [0.05, 0.1) is 5.02 Å². The van der Waals surface area contributed by atoms with Crippen LogP contribution < -0.4 is 15.4 Å². The molecule has 2 rings (SSSR count). The van der Waals surface area contributed by atoms with Crippen LogP contribution in [0.15, 0.2) is 18.2 Å². The Kier molecular flexibility index (Phi) is 7.74. The molecule has 0 aliphatic heterocycles. The van der Waals surface area contributed by atoms with Crippen molar-refractivity contribution in [3.8, 4) is 5.75 Å². The lowest BCUT2D eigenvalue weighted by molar-refractivity contribution is -0.160. The maximum absolute atomic E-state index is 12.1. The number of carbonyl (C=O) groups is 3. The predicted molar refractivity (Wildman–Crippen MR) is 101 cm³/mol. The predicted octanol–water partition coefficient (Wildman–Crippen LogP) is 3.46. The summed E-state index contributed by atoms with van der Waals surface area (Å²) >= 11 is 11.8. The summed E-state index contributed by atoms with van der Waals surface area (Å²) in [6.07, 6.45) is 1.75. The normalized spacial score (nSPS) is 16.3.